The van der Waals surface area contributed by atoms with Crippen LogP contribution in [0.1, 0.15) is 48.4 Å². The van der Waals surface area contributed by atoms with Crippen molar-refractivity contribution in [2.24, 2.45) is 0 Å². The number of carbonyl (C=O) groups excluding carboxylic acids is 2. The van der Waals surface area contributed by atoms with Crippen LogP contribution in [0.4, 0.5) is 0 Å². The van der Waals surface area contributed by atoms with Crippen LogP contribution in [0.15, 0.2) is 30.3 Å². The number of hydrogen-bond donors (Lipinski definition) is 0. The van der Waals surface area contributed by atoms with E-state index >= 15 is 0 Å². The standard InChI is InChI=1S/C20H23BO6/c1-19(2)20(3,4)27-21(26-19)16-11-12-7-8-13(17(22)24-5)9-14(12)10-15(16)18(23)25-6/h7-11H,1-6H3. The van der Waals surface area contributed by atoms with Gasteiger partial charge in [0.25, 0.3) is 0 Å². The molecule has 0 bridgehead atoms. The highest BCUT2D eigenvalue weighted by atomic mass is 16.7. The Kier molecular flexibility index (Phi) is 4.78. The smallest absolute Gasteiger partial charge is 0.465 e. The lowest BCUT2D eigenvalue weighted by atomic mass is 9.74. The summed E-state index contributed by atoms with van der Waals surface area (Å²) < 4.78 is 21.9. The van der Waals surface area contributed by atoms with Crippen LogP contribution in [0.2, 0.25) is 0 Å². The Morgan fingerprint density at radius 1 is 0.852 bits per heavy atom. The van der Waals surface area contributed by atoms with Crippen molar-refractivity contribution in [2.45, 2.75) is 38.9 Å². The fourth-order valence-corrected chi connectivity index (χ4v) is 3.01. The van der Waals surface area contributed by atoms with Crippen LogP contribution >= 0.6 is 0 Å². The molecule has 0 aromatic heterocycles. The lowest BCUT2D eigenvalue weighted by molar-refractivity contribution is 0.00578. The first-order valence-corrected chi connectivity index (χ1v) is 8.69. The third-order valence-corrected chi connectivity index (χ3v) is 5.34. The van der Waals surface area contributed by atoms with Gasteiger partial charge in [0.1, 0.15) is 0 Å². The molecule has 6 nitrogen and oxygen atoms in total. The number of methoxy groups -OCH3 is 2. The first-order valence-electron chi connectivity index (χ1n) is 8.69. The maximum Gasteiger partial charge on any atom is 0.495 e. The van der Waals surface area contributed by atoms with Crippen LogP contribution < -0.4 is 5.46 Å². The van der Waals surface area contributed by atoms with Gasteiger partial charge in [-0.1, -0.05) is 12.1 Å². The molecule has 142 valence electrons. The van der Waals surface area contributed by atoms with E-state index in [0.29, 0.717) is 16.6 Å². The summed E-state index contributed by atoms with van der Waals surface area (Å²) in [6.45, 7) is 7.81. The summed E-state index contributed by atoms with van der Waals surface area (Å²) in [5.41, 5.74) is 0.275. The van der Waals surface area contributed by atoms with Crippen LogP contribution in [0.3, 0.4) is 0 Å². The second kappa shape index (κ2) is 6.66. The molecule has 1 aliphatic heterocycles. The predicted octanol–water partition coefficient (Wildman–Crippen LogP) is 2.71. The second-order valence-corrected chi connectivity index (χ2v) is 7.57. The number of rotatable bonds is 3. The zero-order valence-electron chi connectivity index (χ0n) is 16.4. The molecule has 2 aromatic rings. The molecule has 1 heterocycles. The van der Waals surface area contributed by atoms with E-state index in [9.17, 15) is 9.59 Å². The summed E-state index contributed by atoms with van der Waals surface area (Å²) in [6, 6.07) is 8.69. The van der Waals surface area contributed by atoms with Gasteiger partial charge in [-0.2, -0.15) is 0 Å². The molecule has 0 radical (unpaired) electrons. The van der Waals surface area contributed by atoms with Gasteiger partial charge in [-0.25, -0.2) is 9.59 Å². The van der Waals surface area contributed by atoms with Crippen molar-refractivity contribution < 1.29 is 28.4 Å². The molecule has 1 aliphatic rings. The zero-order valence-corrected chi connectivity index (χ0v) is 16.4. The topological polar surface area (TPSA) is 71.1 Å². The van der Waals surface area contributed by atoms with E-state index in [4.69, 9.17) is 18.8 Å². The molecule has 1 fully saturated rings. The molecular weight excluding hydrogens is 347 g/mol. The Morgan fingerprint density at radius 2 is 1.44 bits per heavy atom. The Labute approximate surface area is 158 Å². The van der Waals surface area contributed by atoms with Gasteiger partial charge in [-0.05, 0) is 62.1 Å². The summed E-state index contributed by atoms with van der Waals surface area (Å²) in [7, 11) is 1.95. The first-order chi connectivity index (χ1) is 12.6. The summed E-state index contributed by atoms with van der Waals surface area (Å²) in [5.74, 6) is -0.934. The van der Waals surface area contributed by atoms with Gasteiger partial charge in [0.15, 0.2) is 0 Å². The normalized spacial score (nSPS) is 17.8. The molecule has 1 saturated heterocycles. The highest BCUT2D eigenvalue weighted by molar-refractivity contribution is 6.64. The van der Waals surface area contributed by atoms with Crippen LogP contribution in [0.25, 0.3) is 10.8 Å². The Morgan fingerprint density at radius 3 is 2.00 bits per heavy atom. The lowest BCUT2D eigenvalue weighted by Crippen LogP contribution is -2.41. The number of benzene rings is 2. The summed E-state index contributed by atoms with van der Waals surface area (Å²) >= 11 is 0. The van der Waals surface area contributed by atoms with E-state index < -0.39 is 30.3 Å². The predicted molar refractivity (Wildman–Crippen MR) is 102 cm³/mol. The quantitative estimate of drug-likeness (QED) is 0.611. The SMILES string of the molecule is COC(=O)c1ccc2cc(B3OC(C)(C)C(C)(C)O3)c(C(=O)OC)cc2c1. The minimum atomic E-state index is -0.700. The molecule has 7 heteroatoms. The van der Waals surface area contributed by atoms with Crippen LogP contribution in [-0.2, 0) is 18.8 Å². The third kappa shape index (κ3) is 3.33. The van der Waals surface area contributed by atoms with Gasteiger partial charge >= 0.3 is 19.1 Å². The van der Waals surface area contributed by atoms with E-state index in [0.717, 1.165) is 10.8 Å². The van der Waals surface area contributed by atoms with Gasteiger partial charge in [0.2, 0.25) is 0 Å². The van der Waals surface area contributed by atoms with E-state index in [-0.39, 0.29) is 0 Å². The maximum absolute atomic E-state index is 12.4. The van der Waals surface area contributed by atoms with E-state index in [1.807, 2.05) is 33.8 Å². The van der Waals surface area contributed by atoms with Crippen LogP contribution in [-0.4, -0.2) is 44.5 Å². The molecule has 2 aromatic carbocycles. The van der Waals surface area contributed by atoms with Crippen LogP contribution in [0.5, 0.6) is 0 Å². The Bertz CT molecular complexity index is 902. The fraction of sp³-hybridized carbons (Fsp3) is 0.400. The molecule has 27 heavy (non-hydrogen) atoms. The summed E-state index contributed by atoms with van der Waals surface area (Å²) in [6.07, 6.45) is 0. The van der Waals surface area contributed by atoms with Gasteiger partial charge in [0, 0.05) is 0 Å². The van der Waals surface area contributed by atoms with Crippen molar-refractivity contribution >= 4 is 35.3 Å². The Balaban J connectivity index is 2.14. The molecule has 0 saturated carbocycles. The first kappa shape index (κ1) is 19.4. The average Bonchev–Trinajstić information content (AvgIpc) is 2.86. The number of carbonyl (C=O) groups is 2. The molecule has 3 rings (SSSR count). The Hall–Kier alpha value is -2.38. The average molecular weight is 370 g/mol. The van der Waals surface area contributed by atoms with Crippen molar-refractivity contribution in [1.29, 1.82) is 0 Å². The number of hydrogen-bond acceptors (Lipinski definition) is 6. The highest BCUT2D eigenvalue weighted by Gasteiger charge is 2.52. The minimum Gasteiger partial charge on any atom is -0.465 e. The molecule has 0 aliphatic carbocycles. The van der Waals surface area contributed by atoms with Gasteiger partial charge in [0.05, 0.1) is 36.5 Å². The monoisotopic (exact) mass is 370 g/mol. The summed E-state index contributed by atoms with van der Waals surface area (Å²) in [4.78, 5) is 24.2. The van der Waals surface area contributed by atoms with E-state index in [2.05, 4.69) is 0 Å². The molecular formula is C20H23BO6. The molecule has 0 spiro atoms. The number of ether oxygens (including phenoxy) is 2. The van der Waals surface area contributed by atoms with Gasteiger partial charge in [-0.3, -0.25) is 0 Å². The fourth-order valence-electron chi connectivity index (χ4n) is 3.01. The zero-order chi connectivity index (χ0) is 20.0. The van der Waals surface area contributed by atoms with Crippen LogP contribution in [0, 0.1) is 0 Å². The van der Waals surface area contributed by atoms with Crippen molar-refractivity contribution in [1.82, 2.24) is 0 Å². The number of fused-ring (bicyclic) bond motifs is 1. The number of esters is 2. The van der Waals surface area contributed by atoms with Crippen molar-refractivity contribution in [2.75, 3.05) is 14.2 Å². The van der Waals surface area contributed by atoms with Gasteiger partial charge in [-0.15, -0.1) is 0 Å². The van der Waals surface area contributed by atoms with E-state index in [1.165, 1.54) is 14.2 Å². The largest absolute Gasteiger partial charge is 0.495 e. The lowest BCUT2D eigenvalue weighted by Gasteiger charge is -2.32. The minimum absolute atomic E-state index is 0.338. The van der Waals surface area contributed by atoms with E-state index in [1.54, 1.807) is 24.3 Å². The third-order valence-electron chi connectivity index (χ3n) is 5.34. The maximum atomic E-state index is 12.4. The molecule has 0 atom stereocenters. The van der Waals surface area contributed by atoms with Crippen molar-refractivity contribution in [3.05, 3.63) is 41.5 Å². The van der Waals surface area contributed by atoms with Gasteiger partial charge < -0.3 is 18.8 Å². The molecule has 0 amide bonds. The highest BCUT2D eigenvalue weighted by Crippen LogP contribution is 2.37. The van der Waals surface area contributed by atoms with Crippen molar-refractivity contribution in [3.8, 4) is 0 Å². The summed E-state index contributed by atoms with van der Waals surface area (Å²) in [5, 5.41) is 1.57. The molecule has 0 N–H and O–H groups in total. The van der Waals surface area contributed by atoms with Crippen molar-refractivity contribution in [3.63, 3.8) is 0 Å². The molecule has 0 unspecified atom stereocenters. The second-order valence-electron chi connectivity index (χ2n) is 7.57.